The monoisotopic (exact) mass is 308 g/mol. The number of unbranched alkanes of at least 4 members (excludes halogenated alkanes) is 18. The van der Waals surface area contributed by atoms with Crippen LogP contribution < -0.4 is 0 Å². The summed E-state index contributed by atoms with van der Waals surface area (Å²) < 4.78 is 0. The van der Waals surface area contributed by atoms with E-state index in [0.29, 0.717) is 0 Å². The fourth-order valence-electron chi connectivity index (χ4n) is 3.19. The van der Waals surface area contributed by atoms with E-state index in [4.69, 9.17) is 0 Å². The minimum atomic E-state index is 1.21. The van der Waals surface area contributed by atoms with Crippen molar-refractivity contribution in [2.75, 3.05) is 0 Å². The molecule has 0 saturated heterocycles. The Labute approximate surface area is 142 Å². The van der Waals surface area contributed by atoms with Crippen LogP contribution in [-0.2, 0) is 0 Å². The lowest BCUT2D eigenvalue weighted by Gasteiger charge is -2.03. The van der Waals surface area contributed by atoms with Gasteiger partial charge in [-0.3, -0.25) is 0 Å². The van der Waals surface area contributed by atoms with Gasteiger partial charge in [-0.05, 0) is 12.8 Å². The number of hydrogen-bond donors (Lipinski definition) is 0. The second kappa shape index (κ2) is 20.7. The van der Waals surface area contributed by atoms with E-state index in [0.717, 1.165) is 0 Å². The summed E-state index contributed by atoms with van der Waals surface area (Å²) in [4.78, 5) is 0. The maximum absolute atomic E-state index is 3.77. The molecule has 0 aliphatic rings. The second-order valence-electron chi connectivity index (χ2n) is 7.09. The average Bonchev–Trinajstić information content (AvgIpc) is 2.54. The minimum absolute atomic E-state index is 1.21. The Kier molecular flexibility index (Phi) is 20.5. The zero-order chi connectivity index (χ0) is 16.1. The van der Waals surface area contributed by atoms with Gasteiger partial charge in [-0.1, -0.05) is 122 Å². The SMILES string of the molecule is C=CCCCCCCCCCCCCCCCCCCCC. The molecule has 0 aliphatic heterocycles. The van der Waals surface area contributed by atoms with Crippen LogP contribution in [0.4, 0.5) is 0 Å². The van der Waals surface area contributed by atoms with Gasteiger partial charge in [0.05, 0.1) is 0 Å². The Bertz CT molecular complexity index is 194. The van der Waals surface area contributed by atoms with Crippen molar-refractivity contribution in [3.8, 4) is 0 Å². The molecule has 0 rings (SSSR count). The van der Waals surface area contributed by atoms with Crippen molar-refractivity contribution in [1.29, 1.82) is 0 Å². The molecular formula is C22H44. The molecule has 0 amide bonds. The third-order valence-electron chi connectivity index (χ3n) is 4.76. The first kappa shape index (κ1) is 21.7. The highest BCUT2D eigenvalue weighted by molar-refractivity contribution is 4.65. The Morgan fingerprint density at radius 3 is 1.00 bits per heavy atom. The van der Waals surface area contributed by atoms with E-state index in [2.05, 4.69) is 13.5 Å². The Hall–Kier alpha value is -0.260. The van der Waals surface area contributed by atoms with E-state index >= 15 is 0 Å². The topological polar surface area (TPSA) is 0 Å². The maximum atomic E-state index is 3.77. The van der Waals surface area contributed by atoms with E-state index in [1.165, 1.54) is 122 Å². The molecule has 22 heavy (non-hydrogen) atoms. The van der Waals surface area contributed by atoms with E-state index in [1.807, 2.05) is 6.08 Å². The lowest BCUT2D eigenvalue weighted by atomic mass is 10.0. The Balaban J connectivity index is 2.92. The molecule has 0 bridgehead atoms. The summed E-state index contributed by atoms with van der Waals surface area (Å²) in [7, 11) is 0. The van der Waals surface area contributed by atoms with Gasteiger partial charge < -0.3 is 0 Å². The summed E-state index contributed by atoms with van der Waals surface area (Å²) in [5.74, 6) is 0. The van der Waals surface area contributed by atoms with E-state index in [-0.39, 0.29) is 0 Å². The molecule has 0 aliphatic carbocycles. The first-order valence-corrected chi connectivity index (χ1v) is 10.5. The molecule has 0 heteroatoms. The molecule has 0 N–H and O–H groups in total. The van der Waals surface area contributed by atoms with Gasteiger partial charge in [0.25, 0.3) is 0 Å². The van der Waals surface area contributed by atoms with Crippen molar-refractivity contribution >= 4 is 0 Å². The summed E-state index contributed by atoms with van der Waals surface area (Å²) in [5.41, 5.74) is 0. The molecule has 0 fully saturated rings. The van der Waals surface area contributed by atoms with Gasteiger partial charge in [-0.2, -0.15) is 0 Å². The Morgan fingerprint density at radius 1 is 0.455 bits per heavy atom. The summed E-state index contributed by atoms with van der Waals surface area (Å²) in [5, 5.41) is 0. The van der Waals surface area contributed by atoms with Crippen LogP contribution in [0.25, 0.3) is 0 Å². The first-order valence-electron chi connectivity index (χ1n) is 10.5. The molecule has 0 atom stereocenters. The zero-order valence-electron chi connectivity index (χ0n) is 15.7. The van der Waals surface area contributed by atoms with Crippen molar-refractivity contribution in [2.24, 2.45) is 0 Å². The van der Waals surface area contributed by atoms with Gasteiger partial charge in [0, 0.05) is 0 Å². The van der Waals surface area contributed by atoms with E-state index in [9.17, 15) is 0 Å². The summed E-state index contributed by atoms with van der Waals surface area (Å²) in [6.45, 7) is 6.07. The van der Waals surface area contributed by atoms with Gasteiger partial charge in [0.15, 0.2) is 0 Å². The van der Waals surface area contributed by atoms with Crippen LogP contribution >= 0.6 is 0 Å². The van der Waals surface area contributed by atoms with Gasteiger partial charge >= 0.3 is 0 Å². The van der Waals surface area contributed by atoms with Crippen molar-refractivity contribution in [3.63, 3.8) is 0 Å². The van der Waals surface area contributed by atoms with Crippen molar-refractivity contribution in [3.05, 3.63) is 12.7 Å². The maximum Gasteiger partial charge on any atom is -0.0353 e. The van der Waals surface area contributed by atoms with Crippen LogP contribution in [0.15, 0.2) is 12.7 Å². The van der Waals surface area contributed by atoms with E-state index < -0.39 is 0 Å². The predicted molar refractivity (Wildman–Crippen MR) is 104 cm³/mol. The highest BCUT2D eigenvalue weighted by Crippen LogP contribution is 2.14. The minimum Gasteiger partial charge on any atom is -0.103 e. The fourth-order valence-corrected chi connectivity index (χ4v) is 3.19. The number of rotatable bonds is 19. The van der Waals surface area contributed by atoms with Crippen molar-refractivity contribution in [1.82, 2.24) is 0 Å². The van der Waals surface area contributed by atoms with Gasteiger partial charge in [0.2, 0.25) is 0 Å². The van der Waals surface area contributed by atoms with Crippen LogP contribution in [0.5, 0.6) is 0 Å². The van der Waals surface area contributed by atoms with E-state index in [1.54, 1.807) is 0 Å². The molecule has 0 spiro atoms. The summed E-state index contributed by atoms with van der Waals surface area (Å²) in [6, 6.07) is 0. The lowest BCUT2D eigenvalue weighted by Crippen LogP contribution is -1.84. The molecule has 0 heterocycles. The van der Waals surface area contributed by atoms with Gasteiger partial charge in [0.1, 0.15) is 0 Å². The van der Waals surface area contributed by atoms with Gasteiger partial charge in [-0.15, -0.1) is 6.58 Å². The highest BCUT2D eigenvalue weighted by atomic mass is 14.0. The van der Waals surface area contributed by atoms with Crippen LogP contribution in [0.1, 0.15) is 129 Å². The van der Waals surface area contributed by atoms with Crippen LogP contribution in [0, 0.1) is 0 Å². The molecule has 0 unspecified atom stereocenters. The van der Waals surface area contributed by atoms with Crippen LogP contribution in [0.2, 0.25) is 0 Å². The normalized spacial score (nSPS) is 11.0. The van der Waals surface area contributed by atoms with Crippen LogP contribution in [0.3, 0.4) is 0 Å². The standard InChI is InChI=1S/C22H44/c1-3-5-7-9-11-13-15-17-19-21-22-20-18-16-14-12-10-8-6-4-2/h3H,1,4-22H2,2H3. The molecule has 0 saturated carbocycles. The molecule has 0 aromatic heterocycles. The quantitative estimate of drug-likeness (QED) is 0.165. The smallest absolute Gasteiger partial charge is 0.0353 e. The number of allylic oxidation sites excluding steroid dienone is 1. The fraction of sp³-hybridized carbons (Fsp3) is 0.909. The average molecular weight is 309 g/mol. The molecule has 0 aromatic rings. The molecule has 0 nitrogen and oxygen atoms in total. The van der Waals surface area contributed by atoms with Gasteiger partial charge in [-0.25, -0.2) is 0 Å². The zero-order valence-corrected chi connectivity index (χ0v) is 15.7. The summed E-state index contributed by atoms with van der Waals surface area (Å²) >= 11 is 0. The van der Waals surface area contributed by atoms with Crippen LogP contribution in [-0.4, -0.2) is 0 Å². The molecule has 0 aromatic carbocycles. The largest absolute Gasteiger partial charge is 0.103 e. The predicted octanol–water partition coefficient (Wildman–Crippen LogP) is 8.60. The third kappa shape index (κ3) is 19.7. The Morgan fingerprint density at radius 2 is 0.727 bits per heavy atom. The lowest BCUT2D eigenvalue weighted by molar-refractivity contribution is 0.525. The van der Waals surface area contributed by atoms with Crippen molar-refractivity contribution < 1.29 is 0 Å². The van der Waals surface area contributed by atoms with Crippen molar-refractivity contribution in [2.45, 2.75) is 129 Å². The molecule has 132 valence electrons. The highest BCUT2D eigenvalue weighted by Gasteiger charge is 1.94. The number of hydrogen-bond acceptors (Lipinski definition) is 0. The molecule has 0 radical (unpaired) electrons. The second-order valence-corrected chi connectivity index (χ2v) is 7.09. The third-order valence-corrected chi connectivity index (χ3v) is 4.76. The first-order chi connectivity index (χ1) is 10.9. The summed E-state index contributed by atoms with van der Waals surface area (Å²) in [6.07, 6.45) is 29.4. The molecular weight excluding hydrogens is 264 g/mol.